The molecule has 0 radical (unpaired) electrons. The second-order valence-electron chi connectivity index (χ2n) is 5.09. The van der Waals surface area contributed by atoms with Crippen molar-refractivity contribution in [2.24, 2.45) is 0 Å². The summed E-state index contributed by atoms with van der Waals surface area (Å²) in [5.41, 5.74) is 2.57. The highest BCUT2D eigenvalue weighted by Gasteiger charge is 2.11. The van der Waals surface area contributed by atoms with Crippen LogP contribution in [0.4, 0.5) is 0 Å². The van der Waals surface area contributed by atoms with Crippen molar-refractivity contribution in [3.05, 3.63) is 29.3 Å². The molecule has 0 amide bonds. The van der Waals surface area contributed by atoms with E-state index in [1.165, 1.54) is 11.1 Å². The van der Waals surface area contributed by atoms with Crippen LogP contribution in [-0.2, 0) is 0 Å². The van der Waals surface area contributed by atoms with E-state index in [0.29, 0.717) is 19.3 Å². The van der Waals surface area contributed by atoms with Crippen molar-refractivity contribution in [1.82, 2.24) is 5.32 Å². The van der Waals surface area contributed by atoms with Gasteiger partial charge in [-0.05, 0) is 24.1 Å². The minimum atomic E-state index is 0.509. The maximum atomic E-state index is 5.61. The van der Waals surface area contributed by atoms with E-state index in [9.17, 15) is 0 Å². The van der Waals surface area contributed by atoms with Crippen molar-refractivity contribution < 1.29 is 9.47 Å². The third-order valence-corrected chi connectivity index (χ3v) is 3.13. The lowest BCUT2D eigenvalue weighted by Gasteiger charge is -2.18. The van der Waals surface area contributed by atoms with E-state index in [2.05, 4.69) is 44.3 Å². The topological polar surface area (TPSA) is 30.5 Å². The Balaban J connectivity index is 2.11. The molecule has 0 bridgehead atoms. The number of hydrogen-bond donors (Lipinski definition) is 1. The van der Waals surface area contributed by atoms with Crippen LogP contribution in [0, 0.1) is 0 Å². The molecule has 19 heavy (non-hydrogen) atoms. The molecule has 1 aliphatic rings. The van der Waals surface area contributed by atoms with Gasteiger partial charge in [0.15, 0.2) is 11.5 Å². The Kier molecular flexibility index (Phi) is 4.86. The van der Waals surface area contributed by atoms with Crippen LogP contribution in [0.25, 0.3) is 6.08 Å². The predicted molar refractivity (Wildman–Crippen MR) is 78.8 cm³/mol. The summed E-state index contributed by atoms with van der Waals surface area (Å²) in [5, 5.41) is 3.45. The molecule has 0 atom stereocenters. The number of hydrogen-bond acceptors (Lipinski definition) is 3. The highest BCUT2D eigenvalue weighted by molar-refractivity contribution is 5.58. The molecule has 1 aromatic carbocycles. The van der Waals surface area contributed by atoms with Crippen LogP contribution in [0.15, 0.2) is 23.8 Å². The van der Waals surface area contributed by atoms with Gasteiger partial charge in [-0.1, -0.05) is 38.5 Å². The zero-order valence-electron chi connectivity index (χ0n) is 12.0. The molecule has 0 aliphatic carbocycles. The van der Waals surface area contributed by atoms with Gasteiger partial charge in [0.25, 0.3) is 0 Å². The molecule has 1 heterocycles. The van der Waals surface area contributed by atoms with Gasteiger partial charge in [0.1, 0.15) is 13.2 Å². The highest BCUT2D eigenvalue weighted by Crippen LogP contribution is 2.31. The molecular weight excluding hydrogens is 238 g/mol. The summed E-state index contributed by atoms with van der Waals surface area (Å²) in [6.07, 6.45) is 3.28. The van der Waals surface area contributed by atoms with Crippen LogP contribution >= 0.6 is 0 Å². The van der Waals surface area contributed by atoms with E-state index in [1.54, 1.807) is 0 Å². The molecule has 0 aromatic heterocycles. The van der Waals surface area contributed by atoms with E-state index >= 15 is 0 Å². The highest BCUT2D eigenvalue weighted by atomic mass is 16.6. The molecule has 0 spiro atoms. The first kappa shape index (κ1) is 13.9. The second kappa shape index (κ2) is 6.62. The van der Waals surface area contributed by atoms with Gasteiger partial charge in [-0.3, -0.25) is 0 Å². The number of benzene rings is 1. The normalized spacial score (nSPS) is 14.8. The molecule has 0 saturated carbocycles. The summed E-state index contributed by atoms with van der Waals surface area (Å²) in [5.74, 6) is 1.70. The lowest BCUT2D eigenvalue weighted by molar-refractivity contribution is 0.171. The largest absolute Gasteiger partial charge is 0.486 e. The average Bonchev–Trinajstić information content (AvgIpc) is 2.43. The molecule has 2 rings (SSSR count). The maximum Gasteiger partial charge on any atom is 0.161 e. The number of fused-ring (bicyclic) bond motifs is 1. The third kappa shape index (κ3) is 4.00. The number of rotatable bonds is 5. The van der Waals surface area contributed by atoms with Crippen molar-refractivity contribution in [1.29, 1.82) is 0 Å². The quantitative estimate of drug-likeness (QED) is 0.882. The molecular formula is C16H23NO2. The Labute approximate surface area is 115 Å². The van der Waals surface area contributed by atoms with Crippen LogP contribution in [0.3, 0.4) is 0 Å². The van der Waals surface area contributed by atoms with Gasteiger partial charge < -0.3 is 14.8 Å². The van der Waals surface area contributed by atoms with Crippen LogP contribution < -0.4 is 14.8 Å². The number of nitrogens with one attached hydrogen (secondary N) is 1. The minimum absolute atomic E-state index is 0.509. The number of ether oxygens (including phenoxy) is 2. The van der Waals surface area contributed by atoms with Crippen molar-refractivity contribution in [2.45, 2.75) is 33.2 Å². The molecule has 1 aliphatic heterocycles. The summed E-state index contributed by atoms with van der Waals surface area (Å²) in [6.45, 7) is 8.72. The van der Waals surface area contributed by atoms with E-state index < -0.39 is 0 Å². The van der Waals surface area contributed by atoms with Crippen molar-refractivity contribution in [3.63, 3.8) is 0 Å². The summed E-state index contributed by atoms with van der Waals surface area (Å²) in [4.78, 5) is 0. The Morgan fingerprint density at radius 2 is 2.00 bits per heavy atom. The third-order valence-electron chi connectivity index (χ3n) is 3.13. The fourth-order valence-electron chi connectivity index (χ4n) is 2.00. The predicted octanol–water partition coefficient (Wildman–Crippen LogP) is 3.25. The van der Waals surface area contributed by atoms with Gasteiger partial charge in [-0.2, -0.15) is 0 Å². The van der Waals surface area contributed by atoms with E-state index in [0.717, 1.165) is 24.5 Å². The van der Waals surface area contributed by atoms with Crippen molar-refractivity contribution in [3.8, 4) is 11.5 Å². The van der Waals surface area contributed by atoms with Gasteiger partial charge in [0.05, 0.1) is 0 Å². The zero-order valence-corrected chi connectivity index (χ0v) is 12.0. The molecule has 104 valence electrons. The monoisotopic (exact) mass is 261 g/mol. The molecule has 0 saturated heterocycles. The van der Waals surface area contributed by atoms with Crippen LogP contribution in [0.2, 0.25) is 0 Å². The van der Waals surface area contributed by atoms with Gasteiger partial charge in [0, 0.05) is 12.6 Å². The van der Waals surface area contributed by atoms with E-state index in [1.807, 2.05) is 6.07 Å². The van der Waals surface area contributed by atoms with E-state index in [4.69, 9.17) is 9.47 Å². The SMILES string of the molecule is CCC(=Cc1ccc2c(c1)OCCO2)CNC(C)C. The van der Waals surface area contributed by atoms with Crippen molar-refractivity contribution in [2.75, 3.05) is 19.8 Å². The summed E-state index contributed by atoms with van der Waals surface area (Å²) >= 11 is 0. The fourth-order valence-corrected chi connectivity index (χ4v) is 2.00. The summed E-state index contributed by atoms with van der Waals surface area (Å²) in [6, 6.07) is 6.64. The first-order valence-corrected chi connectivity index (χ1v) is 7.01. The Bertz CT molecular complexity index is 452. The molecule has 1 aromatic rings. The zero-order chi connectivity index (χ0) is 13.7. The molecule has 1 N–H and O–H groups in total. The molecule has 3 heteroatoms. The first-order chi connectivity index (χ1) is 9.19. The summed E-state index contributed by atoms with van der Waals surface area (Å²) < 4.78 is 11.1. The van der Waals surface area contributed by atoms with Gasteiger partial charge >= 0.3 is 0 Å². The van der Waals surface area contributed by atoms with Gasteiger partial charge in [-0.15, -0.1) is 0 Å². The lowest BCUT2D eigenvalue weighted by atomic mass is 10.1. The minimum Gasteiger partial charge on any atom is -0.486 e. The Morgan fingerprint density at radius 3 is 2.68 bits per heavy atom. The van der Waals surface area contributed by atoms with Crippen LogP contribution in [-0.4, -0.2) is 25.8 Å². The smallest absolute Gasteiger partial charge is 0.161 e. The van der Waals surface area contributed by atoms with Crippen LogP contribution in [0.1, 0.15) is 32.8 Å². The molecule has 3 nitrogen and oxygen atoms in total. The molecule has 0 fully saturated rings. The Hall–Kier alpha value is -1.48. The van der Waals surface area contributed by atoms with Crippen molar-refractivity contribution >= 4 is 6.08 Å². The Morgan fingerprint density at radius 1 is 1.26 bits per heavy atom. The molecule has 0 unspecified atom stereocenters. The van der Waals surface area contributed by atoms with E-state index in [-0.39, 0.29) is 0 Å². The fraction of sp³-hybridized carbons (Fsp3) is 0.500. The second-order valence-corrected chi connectivity index (χ2v) is 5.09. The van der Waals surface area contributed by atoms with Crippen LogP contribution in [0.5, 0.6) is 11.5 Å². The standard InChI is InChI=1S/C16H23NO2/c1-4-13(11-17-12(2)3)9-14-5-6-15-16(10-14)19-8-7-18-15/h5-6,9-10,12,17H,4,7-8,11H2,1-3H3. The van der Waals surface area contributed by atoms with Gasteiger partial charge in [0.2, 0.25) is 0 Å². The first-order valence-electron chi connectivity index (χ1n) is 7.01. The van der Waals surface area contributed by atoms with Gasteiger partial charge in [-0.25, -0.2) is 0 Å². The summed E-state index contributed by atoms with van der Waals surface area (Å²) in [7, 11) is 0. The maximum absolute atomic E-state index is 5.61. The average molecular weight is 261 g/mol. The lowest BCUT2D eigenvalue weighted by Crippen LogP contribution is -2.24.